The molecule has 510 valence electrons. The average molecular weight is 1370 g/mol. The summed E-state index contributed by atoms with van der Waals surface area (Å²) in [6.07, 6.45) is 3.65. The Balaban J connectivity index is 0.842. The average Bonchev–Trinajstić information content (AvgIpc) is 1.55. The molecule has 2 aliphatic carbocycles. The minimum Gasteiger partial charge on any atom is -0.457 e. The lowest BCUT2D eigenvalue weighted by Crippen LogP contribution is -2.29. The largest absolute Gasteiger partial charge is 0.457 e. The van der Waals surface area contributed by atoms with Gasteiger partial charge in [-0.2, -0.15) is 0 Å². The first-order valence-electron chi connectivity index (χ1n) is 35.8. The van der Waals surface area contributed by atoms with Crippen LogP contribution in [0.2, 0.25) is 0 Å². The molecule has 2 unspecified atom stereocenters. The third-order valence-corrected chi connectivity index (χ3v) is 21.4. The zero-order valence-electron chi connectivity index (χ0n) is 59.5. The molecule has 14 aromatic carbocycles. The first kappa shape index (κ1) is 65.7. The lowest BCUT2D eigenvalue weighted by molar-refractivity contribution is 0.482. The van der Waals surface area contributed by atoms with Crippen molar-refractivity contribution < 1.29 is 22.7 Å². The van der Waals surface area contributed by atoms with Crippen LogP contribution < -0.4 is 19.3 Å². The Kier molecular flexibility index (Phi) is 16.1. The minimum atomic E-state index is -0.823. The van der Waals surface area contributed by atoms with Crippen molar-refractivity contribution in [3.05, 3.63) is 407 Å². The Morgan fingerprint density at radius 2 is 0.638 bits per heavy atom. The van der Waals surface area contributed by atoms with Crippen molar-refractivity contribution in [2.75, 3.05) is 9.80 Å². The maximum atomic E-state index is 15.5. The highest BCUT2D eigenvalue weighted by Crippen LogP contribution is 2.61. The van der Waals surface area contributed by atoms with Crippen molar-refractivity contribution in [3.63, 3.8) is 0 Å². The number of halogens is 2. The second kappa shape index (κ2) is 25.7. The fourth-order valence-corrected chi connectivity index (χ4v) is 16.2. The Bertz CT molecular complexity index is 5470. The molecule has 2 atom stereocenters. The van der Waals surface area contributed by atoms with Crippen LogP contribution in [0.25, 0.3) is 56.3 Å². The van der Waals surface area contributed by atoms with E-state index in [0.717, 1.165) is 134 Å². The number of furan rings is 1. The molecular weight excluding hydrogens is 1290 g/mol. The molecule has 17 rings (SSSR count). The van der Waals surface area contributed by atoms with Gasteiger partial charge in [-0.3, -0.25) is 0 Å². The number of nitrogens with zero attached hydrogens (tertiary/aromatic N) is 2. The molecular formula is C98H76F2N2O3. The molecule has 0 aliphatic heterocycles. The van der Waals surface area contributed by atoms with Crippen molar-refractivity contribution in [3.8, 4) is 45.3 Å². The molecule has 2 aliphatic rings. The van der Waals surface area contributed by atoms with Crippen molar-refractivity contribution in [1.82, 2.24) is 0 Å². The van der Waals surface area contributed by atoms with Crippen LogP contribution in [0.4, 0.5) is 42.9 Å². The lowest BCUT2D eigenvalue weighted by Gasteiger charge is -2.35. The molecule has 0 fully saturated rings. The van der Waals surface area contributed by atoms with E-state index in [4.69, 9.17) is 13.9 Å². The second-order valence-electron chi connectivity index (χ2n) is 29.5. The first-order chi connectivity index (χ1) is 51.0. The number of ether oxygens (including phenoxy) is 2. The molecule has 15 aromatic rings. The molecule has 5 nitrogen and oxygen atoms in total. The predicted octanol–water partition coefficient (Wildman–Crippen LogP) is 27.0. The molecule has 0 N–H and O–H groups in total. The number of benzene rings is 14. The van der Waals surface area contributed by atoms with Gasteiger partial charge in [0.1, 0.15) is 34.6 Å². The monoisotopic (exact) mass is 1370 g/mol. The molecule has 7 heteroatoms. The summed E-state index contributed by atoms with van der Waals surface area (Å²) >= 11 is 0. The van der Waals surface area contributed by atoms with Crippen LogP contribution in [0.15, 0.2) is 333 Å². The third kappa shape index (κ3) is 11.2. The van der Waals surface area contributed by atoms with E-state index in [9.17, 15) is 0 Å². The van der Waals surface area contributed by atoms with E-state index in [1.165, 1.54) is 35.4 Å². The Labute approximate surface area is 612 Å². The number of hydrogen-bond acceptors (Lipinski definition) is 5. The number of rotatable bonds is 16. The molecule has 0 spiro atoms. The van der Waals surface area contributed by atoms with Gasteiger partial charge in [-0.15, -0.1) is 0 Å². The molecule has 1 heterocycles. The predicted molar refractivity (Wildman–Crippen MR) is 428 cm³/mol. The van der Waals surface area contributed by atoms with Gasteiger partial charge >= 0.3 is 0 Å². The van der Waals surface area contributed by atoms with Gasteiger partial charge in [-0.05, 0) is 233 Å². The van der Waals surface area contributed by atoms with Gasteiger partial charge in [-0.25, -0.2) is 8.78 Å². The van der Waals surface area contributed by atoms with Crippen LogP contribution >= 0.6 is 0 Å². The minimum absolute atomic E-state index is 0.0894. The van der Waals surface area contributed by atoms with E-state index in [1.54, 1.807) is 0 Å². The summed E-state index contributed by atoms with van der Waals surface area (Å²) in [5, 5.41) is 1.75. The SMILES string of the molecule is C=Cc1ccc(Oc2ccc(C3(c4ccc(C(C)(C)C)cc4)c4ccccc4-c4ccc(N(c5ccc(F)cc5)c5cccc6c5oc5c(N(c7ccc(F)cc7)c7ccc8c(c7)C(c7ccc(Oc9ccc(C=C)cc9)cc7)(c7ccc(C(C)(C)C)cc7)c7ccccc7-8)cccc56)cc43)cc2)cc1. The number of fused-ring (bicyclic) bond motifs is 9. The standard InChI is InChI=1S/C98H76F2N2O3/c1-9-63-25-51-77(52-26-63)103-79-55-37-69(38-56-79)97(67-33-29-65(30-34-67)95(3,4)5)87-21-13-11-17-81(87)83-59-49-75(61-89(83)97)101(73-45-41-71(99)42-46-73)91-23-15-19-85-86-20-16-24-92(94(86)105-93(85)91)102(74-47-43-72(100)44-48-74)76-50-60-84-82-18-12-14-22-88(82)98(90(84)62-76,68-35-31-66(32-36-68)96(6,7)8)70-39-57-80(58-40-70)104-78-53-27-64(10-2)28-54-78/h9-62H,1-2H2,3-8H3. The molecule has 0 bridgehead atoms. The highest BCUT2D eigenvalue weighted by atomic mass is 19.1. The van der Waals surface area contributed by atoms with E-state index >= 15 is 8.78 Å². The van der Waals surface area contributed by atoms with E-state index in [0.29, 0.717) is 22.7 Å². The summed E-state index contributed by atoms with van der Waals surface area (Å²) in [5.74, 6) is 2.18. The van der Waals surface area contributed by atoms with Crippen LogP contribution in [-0.4, -0.2) is 0 Å². The molecule has 0 amide bonds. The van der Waals surface area contributed by atoms with Gasteiger partial charge < -0.3 is 23.7 Å². The Hall–Kier alpha value is -12.6. The zero-order valence-corrected chi connectivity index (χ0v) is 59.5. The van der Waals surface area contributed by atoms with Crippen molar-refractivity contribution in [1.29, 1.82) is 0 Å². The summed E-state index contributed by atoms with van der Waals surface area (Å²) < 4.78 is 51.6. The number of anilines is 6. The summed E-state index contributed by atoms with van der Waals surface area (Å²) in [6.45, 7) is 21.4. The normalized spacial score (nSPS) is 15.0. The van der Waals surface area contributed by atoms with E-state index < -0.39 is 10.8 Å². The highest BCUT2D eigenvalue weighted by molar-refractivity contribution is 6.14. The number of hydrogen-bond donors (Lipinski definition) is 0. The molecule has 0 radical (unpaired) electrons. The van der Waals surface area contributed by atoms with Gasteiger partial charge in [0.2, 0.25) is 0 Å². The van der Waals surface area contributed by atoms with Crippen molar-refractivity contribution >= 4 is 68.2 Å². The van der Waals surface area contributed by atoms with Crippen LogP contribution in [-0.2, 0) is 21.7 Å². The first-order valence-corrected chi connectivity index (χ1v) is 35.8. The second-order valence-corrected chi connectivity index (χ2v) is 29.5. The zero-order chi connectivity index (χ0) is 71.9. The smallest absolute Gasteiger partial charge is 0.159 e. The fraction of sp³-hybridized carbons (Fsp3) is 0.102. The molecule has 0 saturated heterocycles. The van der Waals surface area contributed by atoms with Gasteiger partial charge in [0, 0.05) is 33.5 Å². The van der Waals surface area contributed by atoms with Gasteiger partial charge in [-0.1, -0.05) is 249 Å². The molecule has 1 aromatic heterocycles. The summed E-state index contributed by atoms with van der Waals surface area (Å²) in [4.78, 5) is 4.38. The molecule has 105 heavy (non-hydrogen) atoms. The Morgan fingerprint density at radius 1 is 0.324 bits per heavy atom. The lowest BCUT2D eigenvalue weighted by atomic mass is 9.67. The maximum absolute atomic E-state index is 15.5. The number of para-hydroxylation sites is 2. The van der Waals surface area contributed by atoms with E-state index in [1.807, 2.05) is 84.9 Å². The van der Waals surface area contributed by atoms with Crippen LogP contribution in [0.1, 0.15) is 108 Å². The molecule has 0 saturated carbocycles. The van der Waals surface area contributed by atoms with E-state index in [2.05, 4.69) is 283 Å². The summed E-state index contributed by atoms with van der Waals surface area (Å²) in [6, 6.07) is 108. The van der Waals surface area contributed by atoms with Gasteiger partial charge in [0.05, 0.1) is 22.2 Å². The summed E-state index contributed by atoms with van der Waals surface area (Å²) in [5.41, 5.74) is 21.8. The van der Waals surface area contributed by atoms with Gasteiger partial charge in [0.25, 0.3) is 0 Å². The van der Waals surface area contributed by atoms with Gasteiger partial charge in [0.15, 0.2) is 11.2 Å². The van der Waals surface area contributed by atoms with Crippen LogP contribution in [0.5, 0.6) is 23.0 Å². The summed E-state index contributed by atoms with van der Waals surface area (Å²) in [7, 11) is 0. The Morgan fingerprint density at radius 3 is 0.981 bits per heavy atom. The maximum Gasteiger partial charge on any atom is 0.159 e. The van der Waals surface area contributed by atoms with Crippen molar-refractivity contribution in [2.45, 2.75) is 63.2 Å². The van der Waals surface area contributed by atoms with E-state index in [-0.39, 0.29) is 22.5 Å². The topological polar surface area (TPSA) is 38.1 Å². The third-order valence-electron chi connectivity index (χ3n) is 21.4. The van der Waals surface area contributed by atoms with Crippen LogP contribution in [0.3, 0.4) is 0 Å². The highest BCUT2D eigenvalue weighted by Gasteiger charge is 2.49. The van der Waals surface area contributed by atoms with Crippen molar-refractivity contribution in [2.24, 2.45) is 0 Å². The fourth-order valence-electron chi connectivity index (χ4n) is 16.2. The van der Waals surface area contributed by atoms with Crippen LogP contribution in [0, 0.1) is 11.6 Å². The quantitative estimate of drug-likeness (QED) is 0.0964.